The zero-order valence-corrected chi connectivity index (χ0v) is 13.9. The summed E-state index contributed by atoms with van der Waals surface area (Å²) in [7, 11) is 0. The molecule has 5 heteroatoms. The normalized spacial score (nSPS) is 24.0. The first-order chi connectivity index (χ1) is 11.8. The number of hydrogen-bond acceptors (Lipinski definition) is 4. The van der Waals surface area contributed by atoms with Gasteiger partial charge in [0.15, 0.2) is 0 Å². The smallest absolute Gasteiger partial charge is 0.267 e. The molecular formula is C19H24N4O. The van der Waals surface area contributed by atoms with E-state index in [1.165, 1.54) is 19.4 Å². The van der Waals surface area contributed by atoms with Gasteiger partial charge in [0.2, 0.25) is 0 Å². The Balaban J connectivity index is 1.45. The van der Waals surface area contributed by atoms with Gasteiger partial charge in [-0.05, 0) is 69.2 Å². The lowest BCUT2D eigenvalue weighted by atomic mass is 9.91. The minimum Gasteiger partial charge on any atom is -0.314 e. The van der Waals surface area contributed by atoms with Crippen LogP contribution in [0.5, 0.6) is 0 Å². The topological polar surface area (TPSA) is 59.8 Å². The third-order valence-electron chi connectivity index (χ3n) is 5.22. The van der Waals surface area contributed by atoms with Crippen molar-refractivity contribution < 1.29 is 0 Å². The number of nitrogens with one attached hydrogen (secondary N) is 1. The number of aromatic nitrogens is 3. The van der Waals surface area contributed by atoms with Crippen LogP contribution in [0.3, 0.4) is 0 Å². The predicted molar refractivity (Wildman–Crippen MR) is 93.7 cm³/mol. The Morgan fingerprint density at radius 2 is 1.92 bits per heavy atom. The van der Waals surface area contributed by atoms with Gasteiger partial charge in [-0.2, -0.15) is 5.10 Å². The molecule has 2 aromatic heterocycles. The molecule has 2 aliphatic carbocycles. The van der Waals surface area contributed by atoms with E-state index in [1.807, 2.05) is 12.1 Å². The quantitative estimate of drug-likeness (QED) is 0.919. The Hall–Kier alpha value is -2.01. The summed E-state index contributed by atoms with van der Waals surface area (Å²) >= 11 is 0. The van der Waals surface area contributed by atoms with E-state index >= 15 is 0 Å². The number of nitrogens with zero attached hydrogens (tertiary/aromatic N) is 3. The molecule has 0 amide bonds. The van der Waals surface area contributed by atoms with E-state index in [9.17, 15) is 4.79 Å². The Morgan fingerprint density at radius 1 is 1.08 bits per heavy atom. The lowest BCUT2D eigenvalue weighted by Crippen LogP contribution is -2.37. The molecule has 2 fully saturated rings. The summed E-state index contributed by atoms with van der Waals surface area (Å²) in [6.07, 6.45) is 10.6. The molecule has 24 heavy (non-hydrogen) atoms. The lowest BCUT2D eigenvalue weighted by molar-refractivity contribution is 0.269. The summed E-state index contributed by atoms with van der Waals surface area (Å²) in [4.78, 5) is 16.4. The van der Waals surface area contributed by atoms with Gasteiger partial charge in [0.05, 0.1) is 11.7 Å². The summed E-state index contributed by atoms with van der Waals surface area (Å²) in [5, 5.41) is 8.31. The van der Waals surface area contributed by atoms with E-state index in [0.717, 1.165) is 42.9 Å². The number of hydrogen-bond donors (Lipinski definition) is 1. The number of rotatable bonds is 5. The minimum atomic E-state index is -0.00275. The highest BCUT2D eigenvalue weighted by atomic mass is 16.1. The maximum absolute atomic E-state index is 12.3. The second kappa shape index (κ2) is 6.85. The van der Waals surface area contributed by atoms with E-state index < -0.39 is 0 Å². The molecule has 0 unspecified atom stereocenters. The van der Waals surface area contributed by atoms with E-state index in [4.69, 9.17) is 0 Å². The average molecular weight is 324 g/mol. The van der Waals surface area contributed by atoms with Crippen LogP contribution in [-0.2, 0) is 0 Å². The first kappa shape index (κ1) is 15.5. The van der Waals surface area contributed by atoms with Crippen molar-refractivity contribution in [3.05, 3.63) is 47.0 Å². The second-order valence-corrected chi connectivity index (χ2v) is 7.10. The van der Waals surface area contributed by atoms with Gasteiger partial charge in [0.1, 0.15) is 0 Å². The van der Waals surface area contributed by atoms with Gasteiger partial charge in [-0.3, -0.25) is 9.78 Å². The largest absolute Gasteiger partial charge is 0.314 e. The predicted octanol–water partition coefficient (Wildman–Crippen LogP) is 2.79. The molecule has 5 nitrogen and oxygen atoms in total. The van der Waals surface area contributed by atoms with Crippen LogP contribution in [-0.4, -0.2) is 27.4 Å². The Labute approximate surface area is 142 Å². The van der Waals surface area contributed by atoms with Crippen LogP contribution in [0.1, 0.15) is 44.6 Å². The molecule has 2 aromatic rings. The van der Waals surface area contributed by atoms with Crippen LogP contribution >= 0.6 is 0 Å². The Kier molecular flexibility index (Phi) is 4.43. The first-order valence-electron chi connectivity index (χ1n) is 9.03. The summed E-state index contributed by atoms with van der Waals surface area (Å²) in [5.74, 6) is 0.920. The van der Waals surface area contributed by atoms with Gasteiger partial charge in [-0.15, -0.1) is 0 Å². The van der Waals surface area contributed by atoms with E-state index in [-0.39, 0.29) is 11.6 Å². The summed E-state index contributed by atoms with van der Waals surface area (Å²) in [6, 6.07) is 8.12. The maximum atomic E-state index is 12.3. The molecule has 0 aliphatic heterocycles. The first-order valence-corrected chi connectivity index (χ1v) is 9.03. The molecule has 4 rings (SSSR count). The number of pyridine rings is 1. The van der Waals surface area contributed by atoms with Crippen molar-refractivity contribution in [1.29, 1.82) is 0 Å². The highest BCUT2D eigenvalue weighted by Gasteiger charge is 2.26. The SMILES string of the molecule is O=c1ccc(-c2cccnc2)nn1C1CCC(NCC2CC2)CC1. The molecule has 0 saturated heterocycles. The fraction of sp³-hybridized carbons (Fsp3) is 0.526. The molecule has 2 saturated carbocycles. The van der Waals surface area contributed by atoms with Gasteiger partial charge in [-0.25, -0.2) is 4.68 Å². The summed E-state index contributed by atoms with van der Waals surface area (Å²) in [6.45, 7) is 1.17. The zero-order valence-electron chi connectivity index (χ0n) is 13.9. The zero-order chi connectivity index (χ0) is 16.4. The second-order valence-electron chi connectivity index (χ2n) is 7.10. The summed E-state index contributed by atoms with van der Waals surface area (Å²) in [5.41, 5.74) is 1.76. The monoisotopic (exact) mass is 324 g/mol. The molecule has 2 heterocycles. The van der Waals surface area contributed by atoms with Crippen LogP contribution in [0.4, 0.5) is 0 Å². The van der Waals surface area contributed by atoms with Crippen molar-refractivity contribution in [3.8, 4) is 11.3 Å². The highest BCUT2D eigenvalue weighted by Crippen LogP contribution is 2.30. The fourth-order valence-corrected chi connectivity index (χ4v) is 3.53. The molecule has 0 radical (unpaired) electrons. The van der Waals surface area contributed by atoms with Crippen LogP contribution in [0, 0.1) is 5.92 Å². The Morgan fingerprint density at radius 3 is 2.62 bits per heavy atom. The van der Waals surface area contributed by atoms with E-state index in [1.54, 1.807) is 29.2 Å². The molecule has 0 bridgehead atoms. The van der Waals surface area contributed by atoms with Crippen LogP contribution in [0.2, 0.25) is 0 Å². The van der Waals surface area contributed by atoms with Gasteiger partial charge in [-0.1, -0.05) is 0 Å². The molecular weight excluding hydrogens is 300 g/mol. The van der Waals surface area contributed by atoms with E-state index in [2.05, 4.69) is 15.4 Å². The summed E-state index contributed by atoms with van der Waals surface area (Å²) < 4.78 is 1.69. The van der Waals surface area contributed by atoms with Crippen molar-refractivity contribution in [2.45, 2.75) is 50.6 Å². The fourth-order valence-electron chi connectivity index (χ4n) is 3.53. The van der Waals surface area contributed by atoms with Crippen LogP contribution in [0.15, 0.2) is 41.5 Å². The van der Waals surface area contributed by atoms with E-state index in [0.29, 0.717) is 6.04 Å². The third kappa shape index (κ3) is 3.56. The average Bonchev–Trinajstić information content (AvgIpc) is 3.46. The minimum absolute atomic E-state index is 0.00275. The van der Waals surface area contributed by atoms with Crippen molar-refractivity contribution in [3.63, 3.8) is 0 Å². The van der Waals surface area contributed by atoms with Crippen LogP contribution < -0.4 is 10.9 Å². The molecule has 0 spiro atoms. The highest BCUT2D eigenvalue weighted by molar-refractivity contribution is 5.56. The molecule has 2 aliphatic rings. The van der Waals surface area contributed by atoms with Gasteiger partial charge >= 0.3 is 0 Å². The van der Waals surface area contributed by atoms with Crippen molar-refractivity contribution in [1.82, 2.24) is 20.1 Å². The molecule has 1 N–H and O–H groups in total. The molecule has 126 valence electrons. The molecule has 0 aromatic carbocycles. The van der Waals surface area contributed by atoms with Gasteiger partial charge in [0, 0.05) is 30.1 Å². The van der Waals surface area contributed by atoms with Gasteiger partial charge < -0.3 is 5.32 Å². The van der Waals surface area contributed by atoms with Gasteiger partial charge in [0.25, 0.3) is 5.56 Å². The standard InChI is InChI=1S/C19H24N4O/c24-19-10-9-18(15-2-1-11-20-13-15)22-23(19)17-7-5-16(6-8-17)21-12-14-3-4-14/h1-2,9-11,13-14,16-17,21H,3-8,12H2. The van der Waals surface area contributed by atoms with Crippen LogP contribution in [0.25, 0.3) is 11.3 Å². The Bertz CT molecular complexity index is 731. The van der Waals surface area contributed by atoms with Crippen molar-refractivity contribution >= 4 is 0 Å². The lowest BCUT2D eigenvalue weighted by Gasteiger charge is -2.29. The maximum Gasteiger partial charge on any atom is 0.267 e. The molecule has 0 atom stereocenters. The van der Waals surface area contributed by atoms with Crippen molar-refractivity contribution in [2.24, 2.45) is 5.92 Å². The van der Waals surface area contributed by atoms with Crippen molar-refractivity contribution in [2.75, 3.05) is 6.54 Å². The third-order valence-corrected chi connectivity index (χ3v) is 5.22.